The highest BCUT2D eigenvalue weighted by atomic mass is 32.2. The third-order valence-corrected chi connectivity index (χ3v) is 6.54. The first-order chi connectivity index (χ1) is 14.1. The van der Waals surface area contributed by atoms with E-state index in [2.05, 4.69) is 10.0 Å². The zero-order chi connectivity index (χ0) is 22.2. The van der Waals surface area contributed by atoms with Gasteiger partial charge in [0, 0.05) is 0 Å². The van der Waals surface area contributed by atoms with Crippen molar-refractivity contribution in [2.24, 2.45) is 0 Å². The van der Waals surface area contributed by atoms with Crippen LogP contribution in [0.4, 0.5) is 0 Å². The topological polar surface area (TPSA) is 130 Å². The van der Waals surface area contributed by atoms with Gasteiger partial charge in [0.05, 0.1) is 30.4 Å². The maximum Gasteiger partial charge on any atom is 0.239 e. The van der Waals surface area contributed by atoms with Crippen molar-refractivity contribution in [2.45, 2.75) is 24.3 Å². The predicted octanol–water partition coefficient (Wildman–Crippen LogP) is 0.239. The van der Waals surface area contributed by atoms with Crippen LogP contribution in [0.15, 0.2) is 60.7 Å². The number of hydrogen-bond donors (Lipinski definition) is 3. The van der Waals surface area contributed by atoms with E-state index >= 15 is 0 Å². The van der Waals surface area contributed by atoms with Gasteiger partial charge in [-0.25, -0.2) is 21.6 Å². The Kier molecular flexibility index (Phi) is 8.54. The van der Waals surface area contributed by atoms with Crippen LogP contribution in [-0.4, -0.2) is 58.5 Å². The average Bonchev–Trinajstić information content (AvgIpc) is 2.66. The lowest BCUT2D eigenvalue weighted by Crippen LogP contribution is -2.53. The van der Waals surface area contributed by atoms with Gasteiger partial charge in [0.25, 0.3) is 0 Å². The van der Waals surface area contributed by atoms with Crippen LogP contribution in [0.3, 0.4) is 0 Å². The van der Waals surface area contributed by atoms with E-state index in [0.29, 0.717) is 12.0 Å². The van der Waals surface area contributed by atoms with Gasteiger partial charge < -0.3 is 10.4 Å². The molecular formula is C20H26N2O6S2. The Labute approximate surface area is 177 Å². The van der Waals surface area contributed by atoms with Gasteiger partial charge in [-0.05, 0) is 17.5 Å². The van der Waals surface area contributed by atoms with Crippen molar-refractivity contribution in [3.05, 3.63) is 71.8 Å². The second-order valence-electron chi connectivity index (χ2n) is 7.06. The van der Waals surface area contributed by atoms with E-state index in [1.165, 1.54) is 0 Å². The van der Waals surface area contributed by atoms with Crippen molar-refractivity contribution in [3.8, 4) is 0 Å². The first-order valence-corrected chi connectivity index (χ1v) is 13.0. The molecule has 0 unspecified atom stereocenters. The van der Waals surface area contributed by atoms with Crippen molar-refractivity contribution in [3.63, 3.8) is 0 Å². The molecule has 2 aromatic rings. The number of aliphatic hydroxyl groups is 1. The van der Waals surface area contributed by atoms with Gasteiger partial charge in [-0.3, -0.25) is 4.79 Å². The molecule has 0 radical (unpaired) electrons. The molecule has 0 aliphatic heterocycles. The molecule has 0 aromatic heterocycles. The van der Waals surface area contributed by atoms with Gasteiger partial charge in [-0.2, -0.15) is 0 Å². The lowest BCUT2D eigenvalue weighted by Gasteiger charge is -2.22. The van der Waals surface area contributed by atoms with Gasteiger partial charge in [-0.1, -0.05) is 60.7 Å². The molecule has 0 heterocycles. The molecule has 164 valence electrons. The summed E-state index contributed by atoms with van der Waals surface area (Å²) in [4.78, 5) is 12.7. The Hall–Kier alpha value is -2.27. The van der Waals surface area contributed by atoms with E-state index in [1.807, 2.05) is 30.3 Å². The number of sulfonamides is 1. The first-order valence-electron chi connectivity index (χ1n) is 9.25. The minimum absolute atomic E-state index is 0.311. The minimum atomic E-state index is -3.85. The number of amides is 1. The normalized spacial score (nSPS) is 14.1. The van der Waals surface area contributed by atoms with Crippen molar-refractivity contribution in [1.29, 1.82) is 0 Å². The van der Waals surface area contributed by atoms with E-state index in [9.17, 15) is 26.7 Å². The Bertz CT molecular complexity index is 1030. The Balaban J connectivity index is 2.13. The molecule has 0 saturated carbocycles. The fraction of sp³-hybridized carbons (Fsp3) is 0.350. The smallest absolute Gasteiger partial charge is 0.239 e. The summed E-state index contributed by atoms with van der Waals surface area (Å²) >= 11 is 0. The number of aliphatic hydroxyl groups excluding tert-OH is 1. The van der Waals surface area contributed by atoms with E-state index in [-0.39, 0.29) is 12.4 Å². The molecule has 0 aliphatic carbocycles. The number of carbonyl (C=O) groups is 1. The number of benzene rings is 2. The molecular weight excluding hydrogens is 428 g/mol. The molecule has 8 nitrogen and oxygen atoms in total. The Morgan fingerprint density at radius 2 is 1.47 bits per heavy atom. The number of hydrogen-bond acceptors (Lipinski definition) is 6. The third kappa shape index (κ3) is 8.62. The highest BCUT2D eigenvalue weighted by Gasteiger charge is 2.29. The number of rotatable bonds is 11. The molecule has 0 fully saturated rings. The van der Waals surface area contributed by atoms with Crippen LogP contribution in [0.5, 0.6) is 0 Å². The van der Waals surface area contributed by atoms with Crippen molar-refractivity contribution in [1.82, 2.24) is 10.0 Å². The summed E-state index contributed by atoms with van der Waals surface area (Å²) in [6, 6.07) is 15.3. The summed E-state index contributed by atoms with van der Waals surface area (Å²) < 4.78 is 50.7. The van der Waals surface area contributed by atoms with Crippen LogP contribution >= 0.6 is 0 Å². The second-order valence-corrected chi connectivity index (χ2v) is 10.9. The lowest BCUT2D eigenvalue weighted by molar-refractivity contribution is -0.123. The molecule has 30 heavy (non-hydrogen) atoms. The highest BCUT2D eigenvalue weighted by Crippen LogP contribution is 2.09. The van der Waals surface area contributed by atoms with Crippen LogP contribution in [0, 0.1) is 0 Å². The average molecular weight is 455 g/mol. The zero-order valence-electron chi connectivity index (χ0n) is 16.6. The van der Waals surface area contributed by atoms with Crippen LogP contribution in [0.2, 0.25) is 0 Å². The molecule has 2 rings (SSSR count). The summed E-state index contributed by atoms with van der Waals surface area (Å²) in [7, 11) is -7.66. The maximum atomic E-state index is 12.7. The molecule has 0 spiro atoms. The molecule has 0 bridgehead atoms. The van der Waals surface area contributed by atoms with Crippen molar-refractivity contribution in [2.75, 3.05) is 18.6 Å². The second kappa shape index (κ2) is 10.7. The van der Waals surface area contributed by atoms with Crippen LogP contribution < -0.4 is 10.0 Å². The van der Waals surface area contributed by atoms with Gasteiger partial charge in [0.2, 0.25) is 15.9 Å². The van der Waals surface area contributed by atoms with Gasteiger partial charge in [0.1, 0.15) is 6.04 Å². The number of carbonyl (C=O) groups excluding carboxylic acids is 1. The van der Waals surface area contributed by atoms with Crippen LogP contribution in [-0.2, 0) is 36.8 Å². The monoisotopic (exact) mass is 454 g/mol. The first kappa shape index (κ1) is 24.0. The standard InChI is InChI=1S/C20H26N2O6S2/c1-29(25,26)22-19(15-30(27,28)14-17-10-6-3-7-11-17)20(24)21-18(13-23)12-16-8-4-2-5-9-16/h2-11,18-19,22-23H,12-15H2,1H3,(H,21,24)/t18-,19+/m0/s1. The predicted molar refractivity (Wildman–Crippen MR) is 115 cm³/mol. The van der Waals surface area contributed by atoms with E-state index < -0.39 is 43.6 Å². The lowest BCUT2D eigenvalue weighted by atomic mass is 10.1. The van der Waals surface area contributed by atoms with Crippen molar-refractivity contribution >= 4 is 25.8 Å². The molecule has 2 atom stereocenters. The SMILES string of the molecule is CS(=O)(=O)N[C@H](CS(=O)(=O)Cc1ccccc1)C(=O)N[C@H](CO)Cc1ccccc1. The van der Waals surface area contributed by atoms with Gasteiger partial charge in [0.15, 0.2) is 9.84 Å². The van der Waals surface area contributed by atoms with Gasteiger partial charge in [-0.15, -0.1) is 0 Å². The molecule has 1 amide bonds. The van der Waals surface area contributed by atoms with Crippen LogP contribution in [0.25, 0.3) is 0 Å². The molecule has 2 aromatic carbocycles. The zero-order valence-corrected chi connectivity index (χ0v) is 18.2. The third-order valence-electron chi connectivity index (χ3n) is 4.21. The molecule has 0 saturated heterocycles. The summed E-state index contributed by atoms with van der Waals surface area (Å²) in [5.74, 6) is -1.84. The summed E-state index contributed by atoms with van der Waals surface area (Å²) in [6.07, 6.45) is 1.16. The summed E-state index contributed by atoms with van der Waals surface area (Å²) in [5, 5.41) is 12.2. The Morgan fingerprint density at radius 3 is 1.97 bits per heavy atom. The maximum absolute atomic E-state index is 12.7. The molecule has 3 N–H and O–H groups in total. The van der Waals surface area contributed by atoms with Gasteiger partial charge >= 0.3 is 0 Å². The van der Waals surface area contributed by atoms with Crippen LogP contribution in [0.1, 0.15) is 11.1 Å². The molecule has 10 heteroatoms. The fourth-order valence-electron chi connectivity index (χ4n) is 2.92. The number of nitrogens with one attached hydrogen (secondary N) is 2. The minimum Gasteiger partial charge on any atom is -0.394 e. The highest BCUT2D eigenvalue weighted by molar-refractivity contribution is 7.91. The van der Waals surface area contributed by atoms with Crippen molar-refractivity contribution < 1.29 is 26.7 Å². The van der Waals surface area contributed by atoms with E-state index in [0.717, 1.165) is 11.8 Å². The van der Waals surface area contributed by atoms with E-state index in [4.69, 9.17) is 0 Å². The number of sulfone groups is 1. The molecule has 0 aliphatic rings. The largest absolute Gasteiger partial charge is 0.394 e. The summed E-state index contributed by atoms with van der Waals surface area (Å²) in [6.45, 7) is -0.386. The van der Waals surface area contributed by atoms with E-state index in [1.54, 1.807) is 30.3 Å². The quantitative estimate of drug-likeness (QED) is 0.446. The summed E-state index contributed by atoms with van der Waals surface area (Å²) in [5.41, 5.74) is 1.40. The fourth-order valence-corrected chi connectivity index (χ4v) is 5.30. The Morgan fingerprint density at radius 1 is 0.933 bits per heavy atom.